The number of nitrogens with one attached hydrogen (secondary N) is 2. The number of nitrogens with zero attached hydrogens (tertiary/aromatic N) is 1. The fourth-order valence-electron chi connectivity index (χ4n) is 2.07. The maximum Gasteiger partial charge on any atom is 0.449 e. The third kappa shape index (κ3) is 3.49. The number of halogens is 5. The van der Waals surface area contributed by atoms with Crippen LogP contribution in [0.1, 0.15) is 16.2 Å². The van der Waals surface area contributed by atoms with E-state index >= 15 is 0 Å². The summed E-state index contributed by atoms with van der Waals surface area (Å²) in [5, 5.41) is 0.305. The van der Waals surface area contributed by atoms with Gasteiger partial charge in [0.1, 0.15) is 10.5 Å². The standard InChI is InChI=1S/C15H8Cl2F3N3O2/c16-8-4-2-6-10(11(8)17)25-23-13(24)7-3-1-5-9-12(7)22-14(21-9)15(18,19)20/h1-6H,(H,21,22)(H,23,24). The summed E-state index contributed by atoms with van der Waals surface area (Å²) in [6, 6.07) is 8.67. The van der Waals surface area contributed by atoms with Gasteiger partial charge >= 0.3 is 6.18 Å². The topological polar surface area (TPSA) is 67.0 Å². The zero-order valence-corrected chi connectivity index (χ0v) is 13.6. The van der Waals surface area contributed by atoms with E-state index in [0.29, 0.717) is 0 Å². The van der Waals surface area contributed by atoms with E-state index in [4.69, 9.17) is 28.0 Å². The molecule has 10 heteroatoms. The molecule has 3 rings (SSSR count). The molecule has 0 unspecified atom stereocenters. The minimum atomic E-state index is -4.66. The molecule has 1 heterocycles. The lowest BCUT2D eigenvalue weighted by Gasteiger charge is -2.09. The number of H-pyrrole nitrogens is 1. The Bertz CT molecular complexity index is 957. The van der Waals surface area contributed by atoms with Crippen LogP contribution in [0.3, 0.4) is 0 Å². The lowest BCUT2D eigenvalue weighted by molar-refractivity contribution is -0.144. The number of aromatic amines is 1. The van der Waals surface area contributed by atoms with E-state index in [-0.39, 0.29) is 32.4 Å². The Labute approximate surface area is 148 Å². The molecule has 1 amide bonds. The summed E-state index contributed by atoms with van der Waals surface area (Å²) in [6.45, 7) is 0. The Morgan fingerprint density at radius 2 is 1.88 bits per heavy atom. The fraction of sp³-hybridized carbons (Fsp3) is 0.0667. The summed E-state index contributed by atoms with van der Waals surface area (Å²) in [4.78, 5) is 22.9. The Kier molecular flexibility index (Phi) is 4.49. The van der Waals surface area contributed by atoms with Crippen LogP contribution in [0.4, 0.5) is 13.2 Å². The van der Waals surface area contributed by atoms with Crippen LogP contribution < -0.4 is 10.3 Å². The van der Waals surface area contributed by atoms with Gasteiger partial charge in [0.2, 0.25) is 5.82 Å². The van der Waals surface area contributed by atoms with Crippen molar-refractivity contribution < 1.29 is 22.8 Å². The predicted molar refractivity (Wildman–Crippen MR) is 85.7 cm³/mol. The Morgan fingerprint density at radius 1 is 1.16 bits per heavy atom. The van der Waals surface area contributed by atoms with Gasteiger partial charge in [0.05, 0.1) is 16.1 Å². The summed E-state index contributed by atoms with van der Waals surface area (Å²) in [6.07, 6.45) is -4.66. The summed E-state index contributed by atoms with van der Waals surface area (Å²) in [5.41, 5.74) is 1.95. The number of carbonyl (C=O) groups excluding carboxylic acids is 1. The molecule has 0 radical (unpaired) electrons. The third-order valence-electron chi connectivity index (χ3n) is 3.20. The van der Waals surface area contributed by atoms with E-state index < -0.39 is 17.9 Å². The number of fused-ring (bicyclic) bond motifs is 1. The van der Waals surface area contributed by atoms with Crippen LogP contribution in [0, 0.1) is 0 Å². The number of amides is 1. The number of alkyl halides is 3. The molecule has 2 aromatic carbocycles. The van der Waals surface area contributed by atoms with Crippen LogP contribution in [-0.2, 0) is 6.18 Å². The number of rotatable bonds is 3. The zero-order valence-electron chi connectivity index (χ0n) is 12.1. The number of imidazole rings is 1. The number of hydrogen-bond acceptors (Lipinski definition) is 3. The van der Waals surface area contributed by atoms with Gasteiger partial charge in [-0.15, -0.1) is 0 Å². The molecular formula is C15H8Cl2F3N3O2. The maximum atomic E-state index is 12.8. The Morgan fingerprint density at radius 3 is 2.60 bits per heavy atom. The lowest BCUT2D eigenvalue weighted by atomic mass is 10.2. The predicted octanol–water partition coefficient (Wildman–Crippen LogP) is 4.61. The summed E-state index contributed by atoms with van der Waals surface area (Å²) >= 11 is 11.7. The second kappa shape index (κ2) is 6.45. The van der Waals surface area contributed by atoms with Gasteiger partial charge in [0.25, 0.3) is 5.91 Å². The van der Waals surface area contributed by atoms with Gasteiger partial charge in [-0.25, -0.2) is 4.98 Å². The summed E-state index contributed by atoms with van der Waals surface area (Å²) in [5.74, 6) is -1.89. The lowest BCUT2D eigenvalue weighted by Crippen LogP contribution is -2.27. The summed E-state index contributed by atoms with van der Waals surface area (Å²) in [7, 11) is 0. The van der Waals surface area contributed by atoms with Crippen molar-refractivity contribution in [1.82, 2.24) is 15.4 Å². The number of benzene rings is 2. The first-order valence-corrected chi connectivity index (χ1v) is 7.50. The van der Waals surface area contributed by atoms with Crippen molar-refractivity contribution in [2.75, 3.05) is 0 Å². The highest BCUT2D eigenvalue weighted by atomic mass is 35.5. The van der Waals surface area contributed by atoms with Crippen molar-refractivity contribution >= 4 is 40.1 Å². The number of hydroxylamine groups is 1. The van der Waals surface area contributed by atoms with Crippen molar-refractivity contribution in [3.05, 3.63) is 57.8 Å². The van der Waals surface area contributed by atoms with Crippen LogP contribution >= 0.6 is 23.2 Å². The van der Waals surface area contributed by atoms with Gasteiger partial charge in [-0.3, -0.25) is 4.79 Å². The van der Waals surface area contributed by atoms with E-state index in [1.807, 2.05) is 0 Å². The highest BCUT2D eigenvalue weighted by Crippen LogP contribution is 2.31. The molecule has 0 saturated heterocycles. The van der Waals surface area contributed by atoms with Gasteiger partial charge in [0.15, 0.2) is 5.75 Å². The van der Waals surface area contributed by atoms with Gasteiger partial charge < -0.3 is 9.82 Å². The molecule has 25 heavy (non-hydrogen) atoms. The van der Waals surface area contributed by atoms with E-state index in [0.717, 1.165) is 0 Å². The molecule has 0 spiro atoms. The highest BCUT2D eigenvalue weighted by molar-refractivity contribution is 6.42. The molecule has 0 bridgehead atoms. The summed E-state index contributed by atoms with van der Waals surface area (Å²) < 4.78 is 38.3. The molecule has 0 aliphatic heterocycles. The van der Waals surface area contributed by atoms with Gasteiger partial charge in [-0.1, -0.05) is 35.3 Å². The van der Waals surface area contributed by atoms with Gasteiger partial charge in [-0.2, -0.15) is 18.7 Å². The molecular weight excluding hydrogens is 382 g/mol. The van der Waals surface area contributed by atoms with E-state index in [9.17, 15) is 18.0 Å². The van der Waals surface area contributed by atoms with E-state index in [1.54, 1.807) is 6.07 Å². The average molecular weight is 390 g/mol. The van der Waals surface area contributed by atoms with Crippen molar-refractivity contribution in [2.45, 2.75) is 6.18 Å². The molecule has 0 saturated carbocycles. The van der Waals surface area contributed by atoms with Gasteiger partial charge in [-0.05, 0) is 24.3 Å². The molecule has 0 atom stereocenters. The number of carbonyl (C=O) groups is 1. The maximum absolute atomic E-state index is 12.8. The second-order valence-corrected chi connectivity index (χ2v) is 5.66. The first-order valence-electron chi connectivity index (χ1n) is 6.74. The molecule has 130 valence electrons. The first-order chi connectivity index (χ1) is 11.8. The SMILES string of the molecule is O=C(NOc1cccc(Cl)c1Cl)c1cccc2[nH]c(C(F)(F)F)nc12. The number of aromatic nitrogens is 2. The zero-order chi connectivity index (χ0) is 18.2. The van der Waals surface area contributed by atoms with Crippen LogP contribution in [0.25, 0.3) is 11.0 Å². The smallest absolute Gasteiger partial charge is 0.378 e. The third-order valence-corrected chi connectivity index (χ3v) is 4.00. The van der Waals surface area contributed by atoms with Crippen molar-refractivity contribution in [2.24, 2.45) is 0 Å². The Balaban J connectivity index is 1.87. The minimum Gasteiger partial charge on any atom is -0.378 e. The average Bonchev–Trinajstić information content (AvgIpc) is 3.00. The molecule has 2 N–H and O–H groups in total. The Hall–Kier alpha value is -2.45. The van der Waals surface area contributed by atoms with Gasteiger partial charge in [0, 0.05) is 0 Å². The van der Waals surface area contributed by atoms with Crippen molar-refractivity contribution in [1.29, 1.82) is 0 Å². The largest absolute Gasteiger partial charge is 0.449 e. The van der Waals surface area contributed by atoms with Crippen LogP contribution in [0.2, 0.25) is 10.0 Å². The van der Waals surface area contributed by atoms with Crippen LogP contribution in [-0.4, -0.2) is 15.9 Å². The van der Waals surface area contributed by atoms with Crippen LogP contribution in [0.15, 0.2) is 36.4 Å². The number of hydrogen-bond donors (Lipinski definition) is 2. The molecule has 0 aliphatic rings. The minimum absolute atomic E-state index is 0.0702. The molecule has 5 nitrogen and oxygen atoms in total. The molecule has 1 aromatic heterocycles. The monoisotopic (exact) mass is 389 g/mol. The first kappa shape index (κ1) is 17.4. The second-order valence-electron chi connectivity index (χ2n) is 4.87. The highest BCUT2D eigenvalue weighted by Gasteiger charge is 2.35. The molecule has 0 aliphatic carbocycles. The fourth-order valence-corrected chi connectivity index (χ4v) is 2.40. The molecule has 0 fully saturated rings. The van der Waals surface area contributed by atoms with Crippen LogP contribution in [0.5, 0.6) is 5.75 Å². The number of para-hydroxylation sites is 1. The van der Waals surface area contributed by atoms with Crippen molar-refractivity contribution in [3.8, 4) is 5.75 Å². The normalized spacial score (nSPS) is 11.6. The molecule has 3 aromatic rings. The van der Waals surface area contributed by atoms with E-state index in [2.05, 4.69) is 15.4 Å². The quantitative estimate of drug-likeness (QED) is 0.642. The van der Waals surface area contributed by atoms with E-state index in [1.165, 1.54) is 30.3 Å². The van der Waals surface area contributed by atoms with Crippen molar-refractivity contribution in [3.63, 3.8) is 0 Å².